The van der Waals surface area contributed by atoms with E-state index in [2.05, 4.69) is 5.32 Å². The highest BCUT2D eigenvalue weighted by Gasteiger charge is 2.24. The van der Waals surface area contributed by atoms with Crippen molar-refractivity contribution in [2.45, 2.75) is 13.3 Å². The van der Waals surface area contributed by atoms with Gasteiger partial charge in [0.2, 0.25) is 10.0 Å². The van der Waals surface area contributed by atoms with Gasteiger partial charge in [0.25, 0.3) is 5.91 Å². The summed E-state index contributed by atoms with van der Waals surface area (Å²) < 4.78 is 35.6. The number of carbonyl (C=O) groups is 1. The number of hydrogen-bond acceptors (Lipinski definition) is 5. The second kappa shape index (κ2) is 8.30. The number of methoxy groups -OCH3 is 2. The molecule has 146 valence electrons. The van der Waals surface area contributed by atoms with Gasteiger partial charge in [0, 0.05) is 18.8 Å². The van der Waals surface area contributed by atoms with Crippen LogP contribution in [0, 0.1) is 0 Å². The van der Waals surface area contributed by atoms with Gasteiger partial charge in [0.05, 0.1) is 31.7 Å². The third kappa shape index (κ3) is 4.51. The van der Waals surface area contributed by atoms with E-state index in [4.69, 9.17) is 9.47 Å². The quantitative estimate of drug-likeness (QED) is 0.783. The number of rotatable bonds is 7. The lowest BCUT2D eigenvalue weighted by Crippen LogP contribution is -2.28. The molecule has 0 aliphatic rings. The second-order valence-corrected chi connectivity index (χ2v) is 7.93. The van der Waals surface area contributed by atoms with E-state index in [-0.39, 0.29) is 11.3 Å². The zero-order valence-electron chi connectivity index (χ0n) is 16.1. The van der Waals surface area contributed by atoms with Gasteiger partial charge >= 0.3 is 0 Å². The van der Waals surface area contributed by atoms with Crippen LogP contribution in [-0.4, -0.2) is 41.8 Å². The average Bonchev–Trinajstić information content (AvgIpc) is 2.65. The maximum absolute atomic E-state index is 13.0. The van der Waals surface area contributed by atoms with Crippen molar-refractivity contribution in [3.05, 3.63) is 47.5 Å². The summed E-state index contributed by atoms with van der Waals surface area (Å²) in [7, 11) is 0.691. The average molecular weight is 392 g/mol. The molecule has 0 saturated carbocycles. The maximum atomic E-state index is 13.0. The van der Waals surface area contributed by atoms with Gasteiger partial charge in [-0.3, -0.25) is 9.10 Å². The molecule has 0 fully saturated rings. The van der Waals surface area contributed by atoms with Crippen molar-refractivity contribution in [3.8, 4) is 11.5 Å². The summed E-state index contributed by atoms with van der Waals surface area (Å²) in [6.45, 7) is 1.99. The number of sulfonamides is 1. The van der Waals surface area contributed by atoms with Crippen LogP contribution < -0.4 is 19.1 Å². The fourth-order valence-electron chi connectivity index (χ4n) is 2.63. The Labute approximate surface area is 160 Å². The molecule has 2 rings (SSSR count). The molecule has 2 aromatic carbocycles. The van der Waals surface area contributed by atoms with Crippen LogP contribution in [0.1, 0.15) is 22.8 Å². The molecule has 0 heterocycles. The molecule has 0 saturated heterocycles. The fourth-order valence-corrected chi connectivity index (χ4v) is 3.14. The Hall–Kier alpha value is -2.74. The van der Waals surface area contributed by atoms with E-state index in [1.165, 1.54) is 33.4 Å². The number of nitrogens with zero attached hydrogens (tertiary/aromatic N) is 1. The minimum atomic E-state index is -3.59. The number of amides is 1. The highest BCUT2D eigenvalue weighted by molar-refractivity contribution is 7.92. The van der Waals surface area contributed by atoms with Crippen LogP contribution in [0.15, 0.2) is 36.4 Å². The number of carbonyl (C=O) groups excluding carboxylic acids is 1. The summed E-state index contributed by atoms with van der Waals surface area (Å²) in [5.41, 5.74) is 2.00. The van der Waals surface area contributed by atoms with Crippen LogP contribution in [0.3, 0.4) is 0 Å². The molecule has 0 unspecified atom stereocenters. The number of aryl methyl sites for hydroxylation is 1. The van der Waals surface area contributed by atoms with Gasteiger partial charge in [-0.05, 0) is 24.1 Å². The molecule has 0 spiro atoms. The smallest absolute Gasteiger partial charge is 0.257 e. The van der Waals surface area contributed by atoms with Gasteiger partial charge in [-0.1, -0.05) is 25.1 Å². The summed E-state index contributed by atoms with van der Waals surface area (Å²) in [5, 5.41) is 2.86. The summed E-state index contributed by atoms with van der Waals surface area (Å²) in [4.78, 5) is 13.0. The number of anilines is 2. The lowest BCUT2D eigenvalue weighted by molar-refractivity contribution is 0.102. The summed E-state index contributed by atoms with van der Waals surface area (Å²) in [6.07, 6.45) is 1.82. The molecule has 0 aromatic heterocycles. The van der Waals surface area contributed by atoms with Gasteiger partial charge in [-0.2, -0.15) is 0 Å². The summed E-state index contributed by atoms with van der Waals surface area (Å²) in [5.74, 6) is 0.216. The molecule has 2 aromatic rings. The molecule has 7 nitrogen and oxygen atoms in total. The minimum Gasteiger partial charge on any atom is -0.493 e. The van der Waals surface area contributed by atoms with Gasteiger partial charge in [-0.25, -0.2) is 8.42 Å². The first kappa shape index (κ1) is 20.6. The number of nitrogens with one attached hydrogen (secondary N) is 1. The first-order chi connectivity index (χ1) is 12.7. The van der Waals surface area contributed by atoms with E-state index in [1.54, 1.807) is 6.07 Å². The third-order valence-corrected chi connectivity index (χ3v) is 5.42. The van der Waals surface area contributed by atoms with Crippen molar-refractivity contribution in [2.75, 3.05) is 37.1 Å². The third-order valence-electron chi connectivity index (χ3n) is 4.23. The zero-order chi connectivity index (χ0) is 20.2. The van der Waals surface area contributed by atoms with E-state index in [0.29, 0.717) is 17.2 Å². The van der Waals surface area contributed by atoms with Crippen molar-refractivity contribution in [2.24, 2.45) is 0 Å². The van der Waals surface area contributed by atoms with Crippen molar-refractivity contribution in [1.29, 1.82) is 0 Å². The van der Waals surface area contributed by atoms with Crippen LogP contribution >= 0.6 is 0 Å². The van der Waals surface area contributed by atoms with Gasteiger partial charge in [0.15, 0.2) is 11.5 Å². The SMILES string of the molecule is CCc1ccccc1NC(=O)c1cc(OC)c(OC)cc1N(C)S(C)(=O)=O. The van der Waals surface area contributed by atoms with Gasteiger partial charge < -0.3 is 14.8 Å². The van der Waals surface area contributed by atoms with Crippen LogP contribution in [-0.2, 0) is 16.4 Å². The molecule has 0 aliphatic carbocycles. The summed E-state index contributed by atoms with van der Waals surface area (Å²) in [6, 6.07) is 10.4. The molecule has 0 radical (unpaired) electrons. The number of para-hydroxylation sites is 1. The number of ether oxygens (including phenoxy) is 2. The topological polar surface area (TPSA) is 84.9 Å². The van der Waals surface area contributed by atoms with Crippen molar-refractivity contribution < 1.29 is 22.7 Å². The lowest BCUT2D eigenvalue weighted by Gasteiger charge is -2.22. The Morgan fingerprint density at radius 2 is 1.70 bits per heavy atom. The van der Waals surface area contributed by atoms with Gasteiger partial charge in [-0.15, -0.1) is 0 Å². The molecule has 27 heavy (non-hydrogen) atoms. The largest absolute Gasteiger partial charge is 0.493 e. The Morgan fingerprint density at radius 3 is 2.26 bits per heavy atom. The molecule has 8 heteroatoms. The van der Waals surface area contributed by atoms with Crippen LogP contribution in [0.25, 0.3) is 0 Å². The Morgan fingerprint density at radius 1 is 1.11 bits per heavy atom. The minimum absolute atomic E-state index is 0.159. The molecule has 0 atom stereocenters. The lowest BCUT2D eigenvalue weighted by atomic mass is 10.1. The highest BCUT2D eigenvalue weighted by atomic mass is 32.2. The van der Waals surface area contributed by atoms with E-state index >= 15 is 0 Å². The number of benzene rings is 2. The summed E-state index contributed by atoms with van der Waals surface area (Å²) >= 11 is 0. The maximum Gasteiger partial charge on any atom is 0.257 e. The van der Waals surface area contributed by atoms with Crippen LogP contribution in [0.2, 0.25) is 0 Å². The van der Waals surface area contributed by atoms with E-state index in [1.807, 2.05) is 25.1 Å². The van der Waals surface area contributed by atoms with Crippen LogP contribution in [0.4, 0.5) is 11.4 Å². The monoisotopic (exact) mass is 392 g/mol. The molecule has 1 amide bonds. The highest BCUT2D eigenvalue weighted by Crippen LogP contribution is 2.36. The molecular formula is C19H24N2O5S. The van der Waals surface area contributed by atoms with Crippen molar-refractivity contribution >= 4 is 27.3 Å². The predicted octanol–water partition coefficient (Wildman–Crippen LogP) is 2.91. The first-order valence-electron chi connectivity index (χ1n) is 8.32. The normalized spacial score (nSPS) is 11.0. The Bertz CT molecular complexity index is 941. The Kier molecular flexibility index (Phi) is 6.32. The van der Waals surface area contributed by atoms with Crippen molar-refractivity contribution in [1.82, 2.24) is 0 Å². The predicted molar refractivity (Wildman–Crippen MR) is 107 cm³/mol. The second-order valence-electron chi connectivity index (χ2n) is 5.92. The molecule has 0 aliphatic heterocycles. The zero-order valence-corrected chi connectivity index (χ0v) is 16.9. The molecule has 0 bridgehead atoms. The Balaban J connectivity index is 2.57. The number of hydrogen-bond donors (Lipinski definition) is 1. The molecule has 1 N–H and O–H groups in total. The van der Waals surface area contributed by atoms with E-state index in [0.717, 1.165) is 22.5 Å². The van der Waals surface area contributed by atoms with E-state index in [9.17, 15) is 13.2 Å². The first-order valence-corrected chi connectivity index (χ1v) is 10.2. The van der Waals surface area contributed by atoms with E-state index < -0.39 is 15.9 Å². The molecular weight excluding hydrogens is 368 g/mol. The fraction of sp³-hybridized carbons (Fsp3) is 0.316. The van der Waals surface area contributed by atoms with Crippen LogP contribution in [0.5, 0.6) is 11.5 Å². The van der Waals surface area contributed by atoms with Crippen molar-refractivity contribution in [3.63, 3.8) is 0 Å². The standard InChI is InChI=1S/C19H24N2O5S/c1-6-13-9-7-8-10-15(13)20-19(22)14-11-17(25-3)18(26-4)12-16(14)21(2)27(5,23)24/h7-12H,6H2,1-5H3,(H,20,22). The van der Waals surface area contributed by atoms with Gasteiger partial charge in [0.1, 0.15) is 0 Å².